The van der Waals surface area contributed by atoms with Gasteiger partial charge >= 0.3 is 0 Å². The fourth-order valence-electron chi connectivity index (χ4n) is 4.40. The molecule has 2 heterocycles. The molecule has 0 radical (unpaired) electrons. The summed E-state index contributed by atoms with van der Waals surface area (Å²) in [6.07, 6.45) is 1.85. The topological polar surface area (TPSA) is 103 Å². The van der Waals surface area contributed by atoms with Crippen molar-refractivity contribution in [2.75, 3.05) is 23.5 Å². The van der Waals surface area contributed by atoms with E-state index in [1.54, 1.807) is 29.2 Å². The van der Waals surface area contributed by atoms with E-state index in [-0.39, 0.29) is 17.9 Å². The van der Waals surface area contributed by atoms with E-state index >= 15 is 0 Å². The minimum Gasteiger partial charge on any atom is -0.337 e. The van der Waals surface area contributed by atoms with Crippen molar-refractivity contribution in [3.05, 3.63) is 96.1 Å². The van der Waals surface area contributed by atoms with Gasteiger partial charge in [-0.05, 0) is 49.2 Å². The van der Waals surface area contributed by atoms with Gasteiger partial charge in [0, 0.05) is 35.9 Å². The maximum absolute atomic E-state index is 13.4. The van der Waals surface area contributed by atoms with E-state index in [2.05, 4.69) is 16.0 Å². The Balaban J connectivity index is 1.37. The molecular formula is C27H28N6O2. The van der Waals surface area contributed by atoms with Crippen molar-refractivity contribution < 1.29 is 9.59 Å². The Kier molecular flexibility index (Phi) is 6.56. The molecule has 5 rings (SSSR count). The number of carbonyl (C=O) groups is 2. The average Bonchev–Trinajstić information content (AvgIpc) is 3.24. The van der Waals surface area contributed by atoms with E-state index in [9.17, 15) is 9.59 Å². The van der Waals surface area contributed by atoms with Crippen LogP contribution in [0, 0.1) is 0 Å². The van der Waals surface area contributed by atoms with Crippen molar-refractivity contribution in [1.82, 2.24) is 10.3 Å². The highest BCUT2D eigenvalue weighted by Gasteiger charge is 2.37. The average molecular weight is 469 g/mol. The molecule has 0 aliphatic carbocycles. The zero-order valence-electron chi connectivity index (χ0n) is 19.3. The van der Waals surface area contributed by atoms with Gasteiger partial charge in [-0.25, -0.2) is 5.43 Å². The molecule has 2 aliphatic rings. The molecule has 3 aromatic carbocycles. The summed E-state index contributed by atoms with van der Waals surface area (Å²) in [7, 11) is 0. The number of amides is 2. The number of hydrogen-bond acceptors (Lipinski definition) is 6. The fourth-order valence-corrected chi connectivity index (χ4v) is 4.40. The van der Waals surface area contributed by atoms with Crippen molar-refractivity contribution in [3.8, 4) is 0 Å². The maximum atomic E-state index is 13.4. The van der Waals surface area contributed by atoms with E-state index in [0.29, 0.717) is 30.1 Å². The summed E-state index contributed by atoms with van der Waals surface area (Å²) < 4.78 is 0. The molecule has 2 atom stereocenters. The van der Waals surface area contributed by atoms with Crippen LogP contribution in [-0.4, -0.2) is 47.6 Å². The number of nitrogens with two attached hydrogens (primary N) is 1. The SMILES string of the molecule is NC1CCCN(C(=O)c2ccc(N3N=C(c4ccccc4)C(NNc4ccccc4)C3=O)cc2)C1. The molecule has 178 valence electrons. The van der Waals surface area contributed by atoms with Crippen LogP contribution in [0.15, 0.2) is 90.0 Å². The van der Waals surface area contributed by atoms with Crippen LogP contribution in [0.3, 0.4) is 0 Å². The number of piperidine rings is 1. The summed E-state index contributed by atoms with van der Waals surface area (Å²) in [5.41, 5.74) is 15.7. The summed E-state index contributed by atoms with van der Waals surface area (Å²) in [4.78, 5) is 28.1. The fraction of sp³-hybridized carbons (Fsp3) is 0.222. The van der Waals surface area contributed by atoms with Crippen LogP contribution in [0.5, 0.6) is 0 Å². The molecule has 3 aromatic rings. The lowest BCUT2D eigenvalue weighted by Crippen LogP contribution is -2.46. The monoisotopic (exact) mass is 468 g/mol. The van der Waals surface area contributed by atoms with Gasteiger partial charge < -0.3 is 16.1 Å². The van der Waals surface area contributed by atoms with E-state index in [4.69, 9.17) is 5.73 Å². The summed E-state index contributed by atoms with van der Waals surface area (Å²) >= 11 is 0. The molecule has 0 aromatic heterocycles. The molecule has 8 nitrogen and oxygen atoms in total. The highest BCUT2D eigenvalue weighted by molar-refractivity contribution is 6.24. The molecule has 2 aliphatic heterocycles. The van der Waals surface area contributed by atoms with Crippen molar-refractivity contribution in [2.45, 2.75) is 24.9 Å². The zero-order valence-corrected chi connectivity index (χ0v) is 19.3. The molecule has 0 bridgehead atoms. The van der Waals surface area contributed by atoms with Gasteiger partial charge in [-0.15, -0.1) is 0 Å². The first-order chi connectivity index (χ1) is 17.1. The standard InChI is InChI=1S/C27H28N6O2/c28-21-10-7-17-32(18-21)26(34)20-13-15-23(16-14-20)33-27(35)25(30-29-22-11-5-2-6-12-22)24(31-33)19-8-3-1-4-9-19/h1-6,8-9,11-16,21,25,29-30H,7,10,17-18,28H2. The third kappa shape index (κ3) is 4.94. The number of likely N-dealkylation sites (tertiary alicyclic amines) is 1. The van der Waals surface area contributed by atoms with E-state index in [1.807, 2.05) is 60.7 Å². The Morgan fingerprint density at radius 3 is 2.31 bits per heavy atom. The molecule has 4 N–H and O–H groups in total. The normalized spacial score (nSPS) is 20.0. The van der Waals surface area contributed by atoms with Gasteiger partial charge in [0.15, 0.2) is 6.04 Å². The third-order valence-corrected chi connectivity index (χ3v) is 6.24. The highest BCUT2D eigenvalue weighted by Crippen LogP contribution is 2.25. The Morgan fingerprint density at radius 1 is 0.943 bits per heavy atom. The second kappa shape index (κ2) is 10.1. The van der Waals surface area contributed by atoms with Gasteiger partial charge in [-0.2, -0.15) is 10.1 Å². The van der Waals surface area contributed by atoms with Gasteiger partial charge in [0.2, 0.25) is 0 Å². The quantitative estimate of drug-likeness (QED) is 0.483. The molecule has 1 saturated heterocycles. The van der Waals surface area contributed by atoms with Crippen LogP contribution < -0.4 is 21.6 Å². The molecular weight excluding hydrogens is 440 g/mol. The number of hydrazine groups is 1. The molecule has 8 heteroatoms. The van der Waals surface area contributed by atoms with Gasteiger partial charge in [0.05, 0.1) is 11.4 Å². The number of para-hydroxylation sites is 1. The Labute approximate surface area is 204 Å². The second-order valence-corrected chi connectivity index (χ2v) is 8.77. The smallest absolute Gasteiger partial charge is 0.272 e. The second-order valence-electron chi connectivity index (χ2n) is 8.77. The number of hydrogen-bond donors (Lipinski definition) is 3. The van der Waals surface area contributed by atoms with Crippen molar-refractivity contribution in [2.24, 2.45) is 10.8 Å². The van der Waals surface area contributed by atoms with Crippen LogP contribution in [0.4, 0.5) is 11.4 Å². The molecule has 2 amide bonds. The van der Waals surface area contributed by atoms with Crippen LogP contribution in [0.1, 0.15) is 28.8 Å². The first kappa shape index (κ1) is 22.8. The van der Waals surface area contributed by atoms with Crippen molar-refractivity contribution >= 4 is 28.9 Å². The molecule has 35 heavy (non-hydrogen) atoms. The largest absolute Gasteiger partial charge is 0.337 e. The third-order valence-electron chi connectivity index (χ3n) is 6.24. The van der Waals surface area contributed by atoms with Gasteiger partial charge in [0.25, 0.3) is 11.8 Å². The number of nitrogens with one attached hydrogen (secondary N) is 2. The highest BCUT2D eigenvalue weighted by atomic mass is 16.2. The molecule has 1 fully saturated rings. The number of carbonyl (C=O) groups excluding carboxylic acids is 2. The zero-order chi connectivity index (χ0) is 24.2. The molecule has 0 spiro atoms. The minimum atomic E-state index is -0.686. The Morgan fingerprint density at radius 2 is 1.63 bits per heavy atom. The number of nitrogens with zero attached hydrogens (tertiary/aromatic N) is 3. The van der Waals surface area contributed by atoms with Crippen LogP contribution in [-0.2, 0) is 4.79 Å². The summed E-state index contributed by atoms with van der Waals surface area (Å²) in [6.45, 7) is 1.28. The number of anilines is 2. The van der Waals surface area contributed by atoms with Crippen LogP contribution in [0.2, 0.25) is 0 Å². The van der Waals surface area contributed by atoms with Gasteiger partial charge in [0.1, 0.15) is 0 Å². The van der Waals surface area contributed by atoms with Gasteiger partial charge in [-0.1, -0.05) is 48.5 Å². The maximum Gasteiger partial charge on any atom is 0.272 e. The Hall–Kier alpha value is -4.01. The first-order valence-corrected chi connectivity index (χ1v) is 11.8. The summed E-state index contributed by atoms with van der Waals surface area (Å²) in [6, 6.07) is 25.5. The number of rotatable bonds is 6. The van der Waals surface area contributed by atoms with Gasteiger partial charge in [-0.3, -0.25) is 9.59 Å². The number of benzene rings is 3. The van der Waals surface area contributed by atoms with E-state index in [1.165, 1.54) is 5.01 Å². The predicted molar refractivity (Wildman–Crippen MR) is 137 cm³/mol. The lowest BCUT2D eigenvalue weighted by Gasteiger charge is -2.30. The Bertz CT molecular complexity index is 1210. The first-order valence-electron chi connectivity index (χ1n) is 11.8. The summed E-state index contributed by atoms with van der Waals surface area (Å²) in [5.74, 6) is -0.257. The lowest BCUT2D eigenvalue weighted by molar-refractivity contribution is -0.118. The predicted octanol–water partition coefficient (Wildman–Crippen LogP) is 2.99. The number of hydrazone groups is 1. The molecule has 2 unspecified atom stereocenters. The van der Waals surface area contributed by atoms with Crippen molar-refractivity contribution in [3.63, 3.8) is 0 Å². The van der Waals surface area contributed by atoms with E-state index in [0.717, 1.165) is 24.1 Å². The lowest BCUT2D eigenvalue weighted by atomic mass is 10.0. The minimum absolute atomic E-state index is 0.0221. The van der Waals surface area contributed by atoms with E-state index < -0.39 is 6.04 Å². The molecule has 0 saturated carbocycles. The van der Waals surface area contributed by atoms with Crippen LogP contribution in [0.25, 0.3) is 0 Å². The summed E-state index contributed by atoms with van der Waals surface area (Å²) in [5, 5.41) is 6.05. The van der Waals surface area contributed by atoms with Crippen molar-refractivity contribution in [1.29, 1.82) is 0 Å². The van der Waals surface area contributed by atoms with Crippen LogP contribution >= 0.6 is 0 Å².